The average molecular weight is 176 g/mol. The molecule has 3 fully saturated rings. The van der Waals surface area contributed by atoms with Gasteiger partial charge in [-0.25, -0.2) is 0 Å². The molecule has 0 radical (unpaired) electrons. The molecule has 2 bridgehead atoms. The number of allylic oxidation sites excluding steroid dienone is 1. The van der Waals surface area contributed by atoms with E-state index in [0.717, 1.165) is 17.3 Å². The van der Waals surface area contributed by atoms with Gasteiger partial charge in [0, 0.05) is 0 Å². The Hall–Kier alpha value is -0.260. The highest BCUT2D eigenvalue weighted by molar-refractivity contribution is 5.33. The van der Waals surface area contributed by atoms with Crippen molar-refractivity contribution in [1.29, 1.82) is 0 Å². The third-order valence-corrected chi connectivity index (χ3v) is 5.14. The van der Waals surface area contributed by atoms with E-state index in [4.69, 9.17) is 0 Å². The molecule has 0 heteroatoms. The van der Waals surface area contributed by atoms with E-state index < -0.39 is 0 Å². The molecule has 13 heavy (non-hydrogen) atoms. The highest BCUT2D eigenvalue weighted by Crippen LogP contribution is 2.82. The van der Waals surface area contributed by atoms with Crippen LogP contribution in [0, 0.1) is 22.7 Å². The van der Waals surface area contributed by atoms with E-state index in [1.165, 1.54) is 37.7 Å². The molecule has 3 aliphatic carbocycles. The summed E-state index contributed by atoms with van der Waals surface area (Å²) in [4.78, 5) is 0. The van der Waals surface area contributed by atoms with Gasteiger partial charge in [0.2, 0.25) is 0 Å². The Bertz CT molecular complexity index is 278. The van der Waals surface area contributed by atoms with Crippen LogP contribution in [0.1, 0.15) is 46.0 Å². The van der Waals surface area contributed by atoms with Gasteiger partial charge in [-0.15, -0.1) is 0 Å². The fourth-order valence-electron chi connectivity index (χ4n) is 4.82. The van der Waals surface area contributed by atoms with Crippen LogP contribution in [0.4, 0.5) is 0 Å². The standard InChI is InChI=1S/C13H20/c1-9(2)13-7-11-4-10(3)5-12(13,6-11)8-13/h10-11H,1,4-8H2,2-3H3. The lowest BCUT2D eigenvalue weighted by Gasteiger charge is -2.28. The minimum atomic E-state index is 0.627. The zero-order valence-corrected chi connectivity index (χ0v) is 8.90. The van der Waals surface area contributed by atoms with Gasteiger partial charge in [0.15, 0.2) is 0 Å². The van der Waals surface area contributed by atoms with Gasteiger partial charge in [0.25, 0.3) is 0 Å². The molecule has 0 saturated heterocycles. The molecule has 3 saturated carbocycles. The first kappa shape index (κ1) is 8.08. The van der Waals surface area contributed by atoms with Crippen LogP contribution in [-0.2, 0) is 0 Å². The quantitative estimate of drug-likeness (QED) is 0.533. The van der Waals surface area contributed by atoms with Crippen LogP contribution >= 0.6 is 0 Å². The highest BCUT2D eigenvalue weighted by atomic mass is 14.8. The van der Waals surface area contributed by atoms with Gasteiger partial charge >= 0.3 is 0 Å². The maximum Gasteiger partial charge on any atom is -0.00284 e. The Morgan fingerprint density at radius 2 is 2.08 bits per heavy atom. The van der Waals surface area contributed by atoms with Gasteiger partial charge < -0.3 is 0 Å². The molecule has 0 aromatic rings. The zero-order valence-electron chi connectivity index (χ0n) is 8.90. The van der Waals surface area contributed by atoms with Crippen LogP contribution in [-0.4, -0.2) is 0 Å². The minimum Gasteiger partial charge on any atom is -0.0996 e. The summed E-state index contributed by atoms with van der Waals surface area (Å²) < 4.78 is 0. The molecule has 4 atom stereocenters. The molecule has 72 valence electrons. The maximum absolute atomic E-state index is 4.23. The minimum absolute atomic E-state index is 0.627. The van der Waals surface area contributed by atoms with Gasteiger partial charge in [0.1, 0.15) is 0 Å². The van der Waals surface area contributed by atoms with Crippen LogP contribution in [0.3, 0.4) is 0 Å². The van der Waals surface area contributed by atoms with E-state index >= 15 is 0 Å². The topological polar surface area (TPSA) is 0 Å². The summed E-state index contributed by atoms with van der Waals surface area (Å²) in [7, 11) is 0. The normalized spacial score (nSPS) is 57.4. The molecular weight excluding hydrogens is 156 g/mol. The summed E-state index contributed by atoms with van der Waals surface area (Å²) in [6, 6.07) is 0. The first-order valence-electron chi connectivity index (χ1n) is 5.74. The molecular formula is C13H20. The monoisotopic (exact) mass is 176 g/mol. The summed E-state index contributed by atoms with van der Waals surface area (Å²) in [5, 5.41) is 0. The number of fused-ring (bicyclic) bond motifs is 1. The van der Waals surface area contributed by atoms with Gasteiger partial charge in [-0.3, -0.25) is 0 Å². The van der Waals surface area contributed by atoms with E-state index in [-0.39, 0.29) is 0 Å². The highest BCUT2D eigenvalue weighted by Gasteiger charge is 2.73. The van der Waals surface area contributed by atoms with Crippen molar-refractivity contribution in [2.24, 2.45) is 22.7 Å². The Balaban J connectivity index is 1.96. The molecule has 0 aromatic carbocycles. The van der Waals surface area contributed by atoms with Gasteiger partial charge in [-0.2, -0.15) is 0 Å². The summed E-state index contributed by atoms with van der Waals surface area (Å²) in [5.74, 6) is 2.04. The van der Waals surface area contributed by atoms with E-state index in [0.29, 0.717) is 5.41 Å². The van der Waals surface area contributed by atoms with Crippen molar-refractivity contribution in [3.05, 3.63) is 12.2 Å². The van der Waals surface area contributed by atoms with Crippen molar-refractivity contribution < 1.29 is 0 Å². The first-order valence-corrected chi connectivity index (χ1v) is 5.74. The molecule has 0 heterocycles. The van der Waals surface area contributed by atoms with E-state index in [9.17, 15) is 0 Å². The van der Waals surface area contributed by atoms with Crippen molar-refractivity contribution in [3.8, 4) is 0 Å². The largest absolute Gasteiger partial charge is 0.0996 e. The van der Waals surface area contributed by atoms with E-state index in [1.807, 2.05) is 0 Å². The average Bonchev–Trinajstić information content (AvgIpc) is 2.49. The summed E-state index contributed by atoms with van der Waals surface area (Å²) >= 11 is 0. The zero-order chi connectivity index (χ0) is 9.27. The Morgan fingerprint density at radius 3 is 2.77 bits per heavy atom. The Kier molecular flexibility index (Phi) is 1.27. The van der Waals surface area contributed by atoms with Crippen LogP contribution in [0.25, 0.3) is 0 Å². The summed E-state index contributed by atoms with van der Waals surface area (Å²) in [6.45, 7) is 8.94. The summed E-state index contributed by atoms with van der Waals surface area (Å²) in [5.41, 5.74) is 2.87. The molecule has 4 unspecified atom stereocenters. The first-order chi connectivity index (χ1) is 6.08. The SMILES string of the molecule is C=C(C)C12CC3CC(C)CC1(C3)C2. The van der Waals surface area contributed by atoms with Crippen LogP contribution in [0.5, 0.6) is 0 Å². The molecule has 0 amide bonds. The molecule has 0 aliphatic heterocycles. The summed E-state index contributed by atoms with van der Waals surface area (Å²) in [6.07, 6.45) is 7.49. The van der Waals surface area contributed by atoms with Gasteiger partial charge in [-0.1, -0.05) is 19.1 Å². The van der Waals surface area contributed by atoms with Gasteiger partial charge in [-0.05, 0) is 61.7 Å². The maximum atomic E-state index is 4.23. The third-order valence-electron chi connectivity index (χ3n) is 5.14. The van der Waals surface area contributed by atoms with Crippen molar-refractivity contribution in [2.75, 3.05) is 0 Å². The fraction of sp³-hybridized carbons (Fsp3) is 0.846. The number of hydrogen-bond acceptors (Lipinski definition) is 0. The van der Waals surface area contributed by atoms with Crippen LogP contribution in [0.2, 0.25) is 0 Å². The molecule has 0 N–H and O–H groups in total. The second-order valence-electron chi connectivity index (χ2n) is 6.14. The Morgan fingerprint density at radius 1 is 1.31 bits per heavy atom. The predicted octanol–water partition coefficient (Wildman–Crippen LogP) is 3.78. The van der Waals surface area contributed by atoms with Crippen molar-refractivity contribution in [1.82, 2.24) is 0 Å². The number of hydrogen-bond donors (Lipinski definition) is 0. The predicted molar refractivity (Wildman–Crippen MR) is 55.4 cm³/mol. The van der Waals surface area contributed by atoms with E-state index in [1.54, 1.807) is 0 Å². The van der Waals surface area contributed by atoms with Crippen LogP contribution in [0.15, 0.2) is 12.2 Å². The van der Waals surface area contributed by atoms with Crippen molar-refractivity contribution in [2.45, 2.75) is 46.0 Å². The van der Waals surface area contributed by atoms with Gasteiger partial charge in [0.05, 0.1) is 0 Å². The second kappa shape index (κ2) is 2.04. The fourth-order valence-corrected chi connectivity index (χ4v) is 4.82. The third kappa shape index (κ3) is 0.782. The molecule has 1 spiro atoms. The molecule has 0 aromatic heterocycles. The lowest BCUT2D eigenvalue weighted by Crippen LogP contribution is -2.17. The smallest absolute Gasteiger partial charge is 0.00284 e. The Labute approximate surface area is 81.4 Å². The molecule has 3 aliphatic rings. The molecule has 3 rings (SSSR count). The van der Waals surface area contributed by atoms with Crippen LogP contribution < -0.4 is 0 Å². The van der Waals surface area contributed by atoms with Crippen molar-refractivity contribution in [3.63, 3.8) is 0 Å². The van der Waals surface area contributed by atoms with Crippen molar-refractivity contribution >= 4 is 0 Å². The van der Waals surface area contributed by atoms with E-state index in [2.05, 4.69) is 20.4 Å². The molecule has 0 nitrogen and oxygen atoms in total. The second-order valence-corrected chi connectivity index (χ2v) is 6.14. The lowest BCUT2D eigenvalue weighted by atomic mass is 9.77. The number of rotatable bonds is 1. The lowest BCUT2D eigenvalue weighted by molar-refractivity contribution is 0.229.